The van der Waals surface area contributed by atoms with E-state index in [4.69, 9.17) is 10.5 Å². The zero-order chi connectivity index (χ0) is 13.1. The first-order valence-corrected chi connectivity index (χ1v) is 7.21. The quantitative estimate of drug-likeness (QED) is 0.909. The molecule has 0 radical (unpaired) electrons. The smallest absolute Gasteiger partial charge is 0.224 e. The van der Waals surface area contributed by atoms with Crippen LogP contribution in [0.25, 0.3) is 0 Å². The average Bonchev–Trinajstić information content (AvgIpc) is 2.80. The van der Waals surface area contributed by atoms with Gasteiger partial charge in [-0.15, -0.1) is 0 Å². The van der Waals surface area contributed by atoms with Gasteiger partial charge in [-0.25, -0.2) is 0 Å². The Morgan fingerprint density at radius 2 is 2.44 bits per heavy atom. The highest BCUT2D eigenvalue weighted by Gasteiger charge is 2.29. The van der Waals surface area contributed by atoms with Crippen LogP contribution in [-0.2, 0) is 9.53 Å². The number of ether oxygens (including phenoxy) is 1. The molecule has 3 atom stereocenters. The summed E-state index contributed by atoms with van der Waals surface area (Å²) in [4.78, 5) is 13.9. The van der Waals surface area contributed by atoms with E-state index in [0.29, 0.717) is 19.5 Å². The second-order valence-corrected chi connectivity index (χ2v) is 5.75. The Labute approximate surface area is 112 Å². The topological polar surface area (TPSA) is 55.6 Å². The molecule has 1 aliphatic heterocycles. The molecule has 0 aromatic carbocycles. The molecule has 1 aliphatic rings. The van der Waals surface area contributed by atoms with Gasteiger partial charge in [0, 0.05) is 19.0 Å². The van der Waals surface area contributed by atoms with E-state index in [1.165, 1.54) is 0 Å². The molecule has 5 heteroatoms. The van der Waals surface area contributed by atoms with Crippen molar-refractivity contribution >= 4 is 17.2 Å². The highest BCUT2D eigenvalue weighted by atomic mass is 32.1. The molecule has 0 aliphatic carbocycles. The fourth-order valence-electron chi connectivity index (χ4n) is 2.20. The monoisotopic (exact) mass is 268 g/mol. The minimum atomic E-state index is -0.0877. The number of hydrogen-bond donors (Lipinski definition) is 1. The van der Waals surface area contributed by atoms with Gasteiger partial charge >= 0.3 is 0 Å². The lowest BCUT2D eigenvalue weighted by atomic mass is 10.1. The standard InChI is InChI=1S/C13H20N2O2S/c1-9(14)5-13(16)15-6-10(2)17-12(7-15)11-3-4-18-8-11/h3-4,8-10,12H,5-7,14H2,1-2H3. The third-order valence-electron chi connectivity index (χ3n) is 3.02. The van der Waals surface area contributed by atoms with Gasteiger partial charge < -0.3 is 15.4 Å². The Balaban J connectivity index is 2.02. The Morgan fingerprint density at radius 1 is 1.67 bits per heavy atom. The lowest BCUT2D eigenvalue weighted by Gasteiger charge is -2.37. The van der Waals surface area contributed by atoms with E-state index in [0.717, 1.165) is 5.56 Å². The molecule has 2 N–H and O–H groups in total. The normalized spacial score (nSPS) is 26.1. The number of amides is 1. The molecule has 100 valence electrons. The second kappa shape index (κ2) is 5.82. The van der Waals surface area contributed by atoms with Gasteiger partial charge in [-0.3, -0.25) is 4.79 Å². The van der Waals surface area contributed by atoms with E-state index < -0.39 is 0 Å². The van der Waals surface area contributed by atoms with Crippen molar-refractivity contribution in [2.24, 2.45) is 5.73 Å². The largest absolute Gasteiger partial charge is 0.367 e. The van der Waals surface area contributed by atoms with Gasteiger partial charge in [-0.1, -0.05) is 0 Å². The number of morpholine rings is 1. The van der Waals surface area contributed by atoms with Gasteiger partial charge in [-0.2, -0.15) is 11.3 Å². The van der Waals surface area contributed by atoms with Crippen LogP contribution in [-0.4, -0.2) is 36.0 Å². The number of carbonyl (C=O) groups is 1. The zero-order valence-corrected chi connectivity index (χ0v) is 11.7. The molecule has 0 saturated carbocycles. The van der Waals surface area contributed by atoms with Gasteiger partial charge in [0.25, 0.3) is 0 Å². The minimum absolute atomic E-state index is 0.00275. The van der Waals surface area contributed by atoms with Crippen LogP contribution in [0.15, 0.2) is 16.8 Å². The molecule has 4 nitrogen and oxygen atoms in total. The SMILES string of the molecule is CC(N)CC(=O)N1CC(C)OC(c2ccsc2)C1. The van der Waals surface area contributed by atoms with Crippen LogP contribution in [0.5, 0.6) is 0 Å². The molecule has 18 heavy (non-hydrogen) atoms. The Morgan fingerprint density at radius 3 is 3.06 bits per heavy atom. The van der Waals surface area contributed by atoms with Crippen molar-refractivity contribution in [1.29, 1.82) is 0 Å². The van der Waals surface area contributed by atoms with Gasteiger partial charge in [0.15, 0.2) is 0 Å². The Bertz CT molecular complexity index is 392. The summed E-state index contributed by atoms with van der Waals surface area (Å²) in [6, 6.07) is 1.97. The van der Waals surface area contributed by atoms with Crippen LogP contribution in [0.4, 0.5) is 0 Å². The maximum atomic E-state index is 12.1. The molecule has 0 bridgehead atoms. The summed E-state index contributed by atoms with van der Waals surface area (Å²) < 4.78 is 5.90. The van der Waals surface area contributed by atoms with Crippen LogP contribution >= 0.6 is 11.3 Å². The highest BCUT2D eigenvalue weighted by molar-refractivity contribution is 7.07. The summed E-state index contributed by atoms with van der Waals surface area (Å²) in [6.45, 7) is 5.15. The number of hydrogen-bond acceptors (Lipinski definition) is 4. The maximum Gasteiger partial charge on any atom is 0.224 e. The summed E-state index contributed by atoms with van der Waals surface area (Å²) >= 11 is 1.65. The second-order valence-electron chi connectivity index (χ2n) is 4.97. The molecule has 3 unspecified atom stereocenters. The number of thiophene rings is 1. The van der Waals surface area contributed by atoms with Crippen molar-refractivity contribution in [3.05, 3.63) is 22.4 Å². The number of nitrogens with two attached hydrogens (primary N) is 1. The Hall–Kier alpha value is -0.910. The summed E-state index contributed by atoms with van der Waals surface area (Å²) in [6.07, 6.45) is 0.473. The van der Waals surface area contributed by atoms with Gasteiger partial charge in [-0.05, 0) is 36.2 Å². The molecule has 2 heterocycles. The maximum absolute atomic E-state index is 12.1. The van der Waals surface area contributed by atoms with Crippen molar-refractivity contribution in [3.63, 3.8) is 0 Å². The van der Waals surface area contributed by atoms with Crippen molar-refractivity contribution < 1.29 is 9.53 Å². The van der Waals surface area contributed by atoms with Crippen molar-refractivity contribution in [1.82, 2.24) is 4.90 Å². The van der Waals surface area contributed by atoms with E-state index in [1.54, 1.807) is 11.3 Å². The van der Waals surface area contributed by atoms with Crippen molar-refractivity contribution in [2.75, 3.05) is 13.1 Å². The summed E-state index contributed by atoms with van der Waals surface area (Å²) in [5.74, 6) is 0.125. The summed E-state index contributed by atoms with van der Waals surface area (Å²) in [7, 11) is 0. The van der Waals surface area contributed by atoms with Crippen molar-refractivity contribution in [3.8, 4) is 0 Å². The summed E-state index contributed by atoms with van der Waals surface area (Å²) in [5, 5.41) is 4.11. The van der Waals surface area contributed by atoms with E-state index in [1.807, 2.05) is 24.1 Å². The predicted molar refractivity (Wildman–Crippen MR) is 72.5 cm³/mol. The molecule has 1 aromatic heterocycles. The van der Waals surface area contributed by atoms with Crippen LogP contribution in [0.3, 0.4) is 0 Å². The van der Waals surface area contributed by atoms with E-state index >= 15 is 0 Å². The molecular weight excluding hydrogens is 248 g/mol. The number of nitrogens with zero attached hydrogens (tertiary/aromatic N) is 1. The predicted octanol–water partition coefficient (Wildman–Crippen LogP) is 1.77. The van der Waals surface area contributed by atoms with Crippen molar-refractivity contribution in [2.45, 2.75) is 38.5 Å². The lowest BCUT2D eigenvalue weighted by Crippen LogP contribution is -2.47. The fourth-order valence-corrected chi connectivity index (χ4v) is 2.90. The van der Waals surface area contributed by atoms with Gasteiger partial charge in [0.1, 0.15) is 6.10 Å². The number of rotatable bonds is 3. The van der Waals surface area contributed by atoms with Gasteiger partial charge in [0.05, 0.1) is 12.6 Å². The molecule has 1 saturated heterocycles. The van der Waals surface area contributed by atoms with Crippen LogP contribution in [0.2, 0.25) is 0 Å². The fraction of sp³-hybridized carbons (Fsp3) is 0.615. The van der Waals surface area contributed by atoms with Gasteiger partial charge in [0.2, 0.25) is 5.91 Å². The van der Waals surface area contributed by atoms with Crippen LogP contribution < -0.4 is 5.73 Å². The molecule has 0 spiro atoms. The third kappa shape index (κ3) is 3.31. The molecule has 2 rings (SSSR count). The lowest BCUT2D eigenvalue weighted by molar-refractivity contribution is -0.145. The minimum Gasteiger partial charge on any atom is -0.367 e. The third-order valence-corrected chi connectivity index (χ3v) is 3.73. The molecule has 1 amide bonds. The average molecular weight is 268 g/mol. The molecule has 1 fully saturated rings. The van der Waals surface area contributed by atoms with E-state index in [2.05, 4.69) is 11.4 Å². The van der Waals surface area contributed by atoms with E-state index in [-0.39, 0.29) is 24.2 Å². The molecular formula is C13H20N2O2S. The first-order valence-electron chi connectivity index (χ1n) is 6.27. The first-order chi connectivity index (χ1) is 8.56. The molecule has 1 aromatic rings. The van der Waals surface area contributed by atoms with Crippen LogP contribution in [0.1, 0.15) is 31.9 Å². The highest BCUT2D eigenvalue weighted by Crippen LogP contribution is 2.27. The van der Waals surface area contributed by atoms with E-state index in [9.17, 15) is 4.79 Å². The zero-order valence-electron chi connectivity index (χ0n) is 10.8. The number of carbonyl (C=O) groups excluding carboxylic acids is 1. The first kappa shape index (κ1) is 13.5. The van der Waals surface area contributed by atoms with Crippen LogP contribution in [0, 0.1) is 0 Å². The Kier molecular flexibility index (Phi) is 4.37. The summed E-state index contributed by atoms with van der Waals surface area (Å²) in [5.41, 5.74) is 6.84.